The van der Waals surface area contributed by atoms with Gasteiger partial charge in [-0.1, -0.05) is 25.5 Å². The fourth-order valence-electron chi connectivity index (χ4n) is 1.84. The lowest BCUT2D eigenvalue weighted by molar-refractivity contribution is 0.563. The van der Waals surface area contributed by atoms with Gasteiger partial charge in [0.25, 0.3) is 0 Å². The maximum Gasteiger partial charge on any atom is -0.0229 e. The molecule has 0 bridgehead atoms. The van der Waals surface area contributed by atoms with Gasteiger partial charge in [-0.05, 0) is 31.6 Å². The minimum absolute atomic E-state index is 0.866. The van der Waals surface area contributed by atoms with Gasteiger partial charge in [-0.15, -0.1) is 0 Å². The summed E-state index contributed by atoms with van der Waals surface area (Å²) in [6.07, 6.45) is 5.03. The zero-order valence-electron chi connectivity index (χ0n) is 6.65. The summed E-state index contributed by atoms with van der Waals surface area (Å²) >= 11 is 0. The van der Waals surface area contributed by atoms with E-state index in [4.69, 9.17) is 0 Å². The van der Waals surface area contributed by atoms with Crippen molar-refractivity contribution in [1.29, 1.82) is 0 Å². The van der Waals surface area contributed by atoms with E-state index < -0.39 is 0 Å². The molecule has 0 radical (unpaired) electrons. The molecule has 0 nitrogen and oxygen atoms in total. The second kappa shape index (κ2) is 2.55. The van der Waals surface area contributed by atoms with Gasteiger partial charge in [-0.25, -0.2) is 0 Å². The van der Waals surface area contributed by atoms with E-state index in [0.717, 1.165) is 11.8 Å². The molecule has 1 rings (SSSR count). The van der Waals surface area contributed by atoms with Crippen molar-refractivity contribution in [1.82, 2.24) is 0 Å². The second-order valence-corrected chi connectivity index (χ2v) is 3.31. The highest BCUT2D eigenvalue weighted by Crippen LogP contribution is 2.34. The van der Waals surface area contributed by atoms with E-state index in [9.17, 15) is 0 Å². The van der Waals surface area contributed by atoms with E-state index in [1.165, 1.54) is 12.8 Å². The summed E-state index contributed by atoms with van der Waals surface area (Å²) in [6.45, 7) is 6.83. The Balaban J connectivity index is 2.58. The Hall–Kier alpha value is -0.260. The minimum atomic E-state index is 0.866. The van der Waals surface area contributed by atoms with E-state index in [0.29, 0.717) is 0 Å². The molecule has 2 unspecified atom stereocenters. The van der Waals surface area contributed by atoms with Crippen molar-refractivity contribution < 1.29 is 0 Å². The van der Waals surface area contributed by atoms with Crippen LogP contribution in [-0.2, 0) is 0 Å². The molecule has 0 aliphatic heterocycles. The lowest BCUT2D eigenvalue weighted by Gasteiger charge is -2.00. The largest absolute Gasteiger partial charge is 0.0882 e. The molecular formula is C9H16. The summed E-state index contributed by atoms with van der Waals surface area (Å²) in [6, 6.07) is 0. The number of rotatable bonds is 0. The van der Waals surface area contributed by atoms with Gasteiger partial charge in [0.2, 0.25) is 0 Å². The number of hydrogen-bond acceptors (Lipinski definition) is 0. The van der Waals surface area contributed by atoms with Crippen molar-refractivity contribution in [3.05, 3.63) is 11.6 Å². The summed E-state index contributed by atoms with van der Waals surface area (Å²) in [5.41, 5.74) is 1.67. The fourth-order valence-corrected chi connectivity index (χ4v) is 1.84. The standard InChI is InChI=1S/C9H16/c1-4-9-6-7(2)5-8(9)3/h4,7-8H,5-6H2,1-3H3/b9-4+. The first-order valence-electron chi connectivity index (χ1n) is 3.89. The van der Waals surface area contributed by atoms with Gasteiger partial charge < -0.3 is 0 Å². The Morgan fingerprint density at radius 3 is 2.33 bits per heavy atom. The van der Waals surface area contributed by atoms with Crippen LogP contribution in [0.25, 0.3) is 0 Å². The molecule has 0 spiro atoms. The molecular weight excluding hydrogens is 108 g/mol. The zero-order chi connectivity index (χ0) is 6.85. The van der Waals surface area contributed by atoms with E-state index in [2.05, 4.69) is 26.8 Å². The molecule has 52 valence electrons. The van der Waals surface area contributed by atoms with Crippen molar-refractivity contribution in [3.63, 3.8) is 0 Å². The first-order chi connectivity index (χ1) is 4.24. The molecule has 1 aliphatic rings. The van der Waals surface area contributed by atoms with Crippen LogP contribution in [0.3, 0.4) is 0 Å². The molecule has 2 atom stereocenters. The maximum absolute atomic E-state index is 2.34. The Bertz CT molecular complexity index is 122. The highest BCUT2D eigenvalue weighted by Gasteiger charge is 2.21. The molecule has 0 aromatic heterocycles. The van der Waals surface area contributed by atoms with Gasteiger partial charge in [0.1, 0.15) is 0 Å². The predicted molar refractivity (Wildman–Crippen MR) is 41.3 cm³/mol. The minimum Gasteiger partial charge on any atom is -0.0882 e. The molecule has 9 heavy (non-hydrogen) atoms. The van der Waals surface area contributed by atoms with Crippen LogP contribution in [-0.4, -0.2) is 0 Å². The number of hydrogen-bond donors (Lipinski definition) is 0. The summed E-state index contributed by atoms with van der Waals surface area (Å²) in [5.74, 6) is 1.80. The molecule has 1 aliphatic carbocycles. The average molecular weight is 124 g/mol. The molecule has 0 N–H and O–H groups in total. The summed E-state index contributed by atoms with van der Waals surface area (Å²) < 4.78 is 0. The van der Waals surface area contributed by atoms with Crippen molar-refractivity contribution >= 4 is 0 Å². The molecule has 1 fully saturated rings. The zero-order valence-corrected chi connectivity index (χ0v) is 6.65. The Kier molecular flexibility index (Phi) is 1.94. The molecule has 1 saturated carbocycles. The van der Waals surface area contributed by atoms with Crippen LogP contribution in [0.5, 0.6) is 0 Å². The first-order valence-corrected chi connectivity index (χ1v) is 3.89. The van der Waals surface area contributed by atoms with E-state index in [1.807, 2.05) is 0 Å². The number of allylic oxidation sites excluding steroid dienone is 2. The maximum atomic E-state index is 2.34. The second-order valence-electron chi connectivity index (χ2n) is 3.31. The van der Waals surface area contributed by atoms with Crippen LogP contribution in [0.2, 0.25) is 0 Å². The average Bonchev–Trinajstić information content (AvgIpc) is 2.10. The highest BCUT2D eigenvalue weighted by molar-refractivity contribution is 5.10. The van der Waals surface area contributed by atoms with Crippen LogP contribution in [0.4, 0.5) is 0 Å². The molecule has 0 aromatic rings. The smallest absolute Gasteiger partial charge is 0.0229 e. The van der Waals surface area contributed by atoms with E-state index >= 15 is 0 Å². The quantitative estimate of drug-likeness (QED) is 0.435. The van der Waals surface area contributed by atoms with Crippen molar-refractivity contribution in [3.8, 4) is 0 Å². The van der Waals surface area contributed by atoms with Crippen LogP contribution < -0.4 is 0 Å². The Morgan fingerprint density at radius 1 is 1.44 bits per heavy atom. The summed E-state index contributed by atoms with van der Waals surface area (Å²) in [4.78, 5) is 0. The lowest BCUT2D eigenvalue weighted by atomic mass is 10.1. The molecule has 0 heteroatoms. The van der Waals surface area contributed by atoms with Crippen LogP contribution in [0.1, 0.15) is 33.6 Å². The van der Waals surface area contributed by atoms with Gasteiger partial charge >= 0.3 is 0 Å². The third-order valence-electron chi connectivity index (χ3n) is 2.34. The van der Waals surface area contributed by atoms with Crippen molar-refractivity contribution in [2.24, 2.45) is 11.8 Å². The van der Waals surface area contributed by atoms with E-state index in [1.54, 1.807) is 5.57 Å². The SMILES string of the molecule is C/C=C1\CC(C)CC1C. The van der Waals surface area contributed by atoms with Gasteiger partial charge in [0, 0.05) is 0 Å². The highest BCUT2D eigenvalue weighted by atomic mass is 14.3. The van der Waals surface area contributed by atoms with E-state index in [-0.39, 0.29) is 0 Å². The molecule has 0 saturated heterocycles. The van der Waals surface area contributed by atoms with Crippen LogP contribution >= 0.6 is 0 Å². The van der Waals surface area contributed by atoms with Gasteiger partial charge in [-0.3, -0.25) is 0 Å². The van der Waals surface area contributed by atoms with Gasteiger partial charge in [0.05, 0.1) is 0 Å². The topological polar surface area (TPSA) is 0 Å². The Labute approximate surface area is 58.0 Å². The lowest BCUT2D eigenvalue weighted by Crippen LogP contribution is -1.87. The van der Waals surface area contributed by atoms with Gasteiger partial charge in [-0.2, -0.15) is 0 Å². The fraction of sp³-hybridized carbons (Fsp3) is 0.778. The van der Waals surface area contributed by atoms with Crippen molar-refractivity contribution in [2.75, 3.05) is 0 Å². The predicted octanol–water partition coefficient (Wildman–Crippen LogP) is 3.00. The van der Waals surface area contributed by atoms with Crippen LogP contribution in [0.15, 0.2) is 11.6 Å². The van der Waals surface area contributed by atoms with Crippen LogP contribution in [0, 0.1) is 11.8 Å². The normalized spacial score (nSPS) is 40.1. The van der Waals surface area contributed by atoms with Gasteiger partial charge in [0.15, 0.2) is 0 Å². The Morgan fingerprint density at radius 2 is 2.11 bits per heavy atom. The third-order valence-corrected chi connectivity index (χ3v) is 2.34. The summed E-state index contributed by atoms with van der Waals surface area (Å²) in [5, 5.41) is 0. The van der Waals surface area contributed by atoms with Crippen molar-refractivity contribution in [2.45, 2.75) is 33.6 Å². The molecule has 0 aromatic carbocycles. The molecule has 0 heterocycles. The first kappa shape index (κ1) is 6.85. The third kappa shape index (κ3) is 1.35. The summed E-state index contributed by atoms with van der Waals surface area (Å²) in [7, 11) is 0. The molecule has 0 amide bonds. The monoisotopic (exact) mass is 124 g/mol.